The number of furan rings is 1. The third-order valence-corrected chi connectivity index (χ3v) is 2.83. The van der Waals surface area contributed by atoms with E-state index in [0.717, 1.165) is 24.6 Å². The van der Waals surface area contributed by atoms with Crippen molar-refractivity contribution in [3.05, 3.63) is 41.9 Å². The molecule has 0 atom stereocenters. The molecular formula is C13H16N2O2. The quantitative estimate of drug-likeness (QED) is 0.744. The molecule has 0 saturated heterocycles. The Balaban J connectivity index is 2.17. The highest BCUT2D eigenvalue weighted by molar-refractivity contribution is 5.98. The van der Waals surface area contributed by atoms with Crippen molar-refractivity contribution in [2.75, 3.05) is 0 Å². The molecule has 0 unspecified atom stereocenters. The monoisotopic (exact) mass is 232 g/mol. The van der Waals surface area contributed by atoms with Crippen molar-refractivity contribution >= 4 is 5.78 Å². The molecule has 0 fully saturated rings. The van der Waals surface area contributed by atoms with Crippen LogP contribution in [0.4, 0.5) is 0 Å². The van der Waals surface area contributed by atoms with Crippen molar-refractivity contribution < 1.29 is 9.21 Å². The molecule has 0 aliphatic heterocycles. The predicted molar refractivity (Wildman–Crippen MR) is 64.0 cm³/mol. The van der Waals surface area contributed by atoms with Crippen LogP contribution >= 0.6 is 0 Å². The Morgan fingerprint density at radius 2 is 2.29 bits per heavy atom. The summed E-state index contributed by atoms with van der Waals surface area (Å²) in [6.45, 7) is 4.84. The van der Waals surface area contributed by atoms with Crippen LogP contribution < -0.4 is 0 Å². The van der Waals surface area contributed by atoms with Crippen molar-refractivity contribution in [3.63, 3.8) is 0 Å². The molecule has 2 heterocycles. The van der Waals surface area contributed by atoms with Gasteiger partial charge in [0.15, 0.2) is 5.78 Å². The number of hydrogen-bond acceptors (Lipinski definition) is 3. The molecule has 0 aliphatic carbocycles. The van der Waals surface area contributed by atoms with E-state index in [0.29, 0.717) is 12.0 Å². The lowest BCUT2D eigenvalue weighted by molar-refractivity contribution is 0.0988. The lowest BCUT2D eigenvalue weighted by Crippen LogP contribution is -2.10. The first-order valence-corrected chi connectivity index (χ1v) is 5.85. The average Bonchev–Trinajstić information content (AvgIpc) is 2.96. The number of Topliss-reactive ketones (excluding diaryl/α,β-unsaturated/α-hetero) is 1. The minimum atomic E-state index is 0.0662. The Morgan fingerprint density at radius 3 is 3.00 bits per heavy atom. The normalized spacial score (nSPS) is 10.7. The first-order chi connectivity index (χ1) is 8.26. The van der Waals surface area contributed by atoms with Gasteiger partial charge in [-0.25, -0.2) is 4.98 Å². The molecule has 0 amide bonds. The summed E-state index contributed by atoms with van der Waals surface area (Å²) in [6, 6.07) is 1.74. The minimum Gasteiger partial charge on any atom is -0.469 e. The molecule has 0 N–H and O–H groups in total. The van der Waals surface area contributed by atoms with Crippen LogP contribution in [0, 0.1) is 0 Å². The maximum Gasteiger partial charge on any atom is 0.173 e. The van der Waals surface area contributed by atoms with Crippen molar-refractivity contribution in [1.29, 1.82) is 0 Å². The molecule has 4 heteroatoms. The van der Waals surface area contributed by atoms with Gasteiger partial charge < -0.3 is 8.98 Å². The molecule has 0 bridgehead atoms. The molecule has 0 radical (unpaired) electrons. The third-order valence-electron chi connectivity index (χ3n) is 2.83. The van der Waals surface area contributed by atoms with Crippen LogP contribution in [0.5, 0.6) is 0 Å². The fourth-order valence-corrected chi connectivity index (χ4v) is 1.90. The molecule has 2 rings (SSSR count). The summed E-state index contributed by atoms with van der Waals surface area (Å²) < 4.78 is 7.24. The zero-order valence-corrected chi connectivity index (χ0v) is 10.1. The van der Waals surface area contributed by atoms with Gasteiger partial charge in [-0.05, 0) is 13.0 Å². The zero-order chi connectivity index (χ0) is 12.3. The van der Waals surface area contributed by atoms with E-state index < -0.39 is 0 Å². The average molecular weight is 232 g/mol. The molecule has 0 aromatic carbocycles. The maximum atomic E-state index is 12.1. The van der Waals surface area contributed by atoms with Crippen LogP contribution in [0.1, 0.15) is 35.8 Å². The van der Waals surface area contributed by atoms with E-state index in [-0.39, 0.29) is 5.78 Å². The highest BCUT2D eigenvalue weighted by Crippen LogP contribution is 2.14. The fraction of sp³-hybridized carbons (Fsp3) is 0.385. The summed E-state index contributed by atoms with van der Waals surface area (Å²) in [5, 5.41) is 0. The van der Waals surface area contributed by atoms with Crippen LogP contribution in [0.2, 0.25) is 0 Å². The highest BCUT2D eigenvalue weighted by Gasteiger charge is 2.15. The number of ketones is 1. The second-order valence-electron chi connectivity index (χ2n) is 3.84. The maximum absolute atomic E-state index is 12.1. The molecule has 90 valence electrons. The van der Waals surface area contributed by atoms with Gasteiger partial charge in [-0.3, -0.25) is 4.79 Å². The molecule has 4 nitrogen and oxygen atoms in total. The summed E-state index contributed by atoms with van der Waals surface area (Å²) in [6.07, 6.45) is 6.24. The van der Waals surface area contributed by atoms with E-state index in [1.165, 1.54) is 0 Å². The summed E-state index contributed by atoms with van der Waals surface area (Å²) >= 11 is 0. The SMILES string of the molecule is CCc1occc1C(=O)Cc1nccn1CC. The van der Waals surface area contributed by atoms with Gasteiger partial charge in [0, 0.05) is 25.4 Å². The minimum absolute atomic E-state index is 0.0662. The predicted octanol–water partition coefficient (Wildman–Crippen LogP) is 2.48. The van der Waals surface area contributed by atoms with E-state index >= 15 is 0 Å². The third kappa shape index (κ3) is 2.30. The molecule has 0 saturated carbocycles. The molecule has 17 heavy (non-hydrogen) atoms. The van der Waals surface area contributed by atoms with Gasteiger partial charge in [-0.15, -0.1) is 0 Å². The summed E-state index contributed by atoms with van der Waals surface area (Å²) in [7, 11) is 0. The van der Waals surface area contributed by atoms with Gasteiger partial charge in [0.1, 0.15) is 11.6 Å². The molecule has 2 aromatic rings. The second-order valence-corrected chi connectivity index (χ2v) is 3.84. The van der Waals surface area contributed by atoms with Crippen LogP contribution in [-0.2, 0) is 19.4 Å². The molecule has 0 spiro atoms. The van der Waals surface area contributed by atoms with Crippen molar-refractivity contribution in [3.8, 4) is 0 Å². The van der Waals surface area contributed by atoms with Gasteiger partial charge in [-0.1, -0.05) is 6.92 Å². The number of aryl methyl sites for hydroxylation is 2. The first-order valence-electron chi connectivity index (χ1n) is 5.85. The van der Waals surface area contributed by atoms with Crippen molar-refractivity contribution in [2.24, 2.45) is 0 Å². The van der Waals surface area contributed by atoms with E-state index in [1.54, 1.807) is 18.5 Å². The second kappa shape index (κ2) is 4.99. The molecular weight excluding hydrogens is 216 g/mol. The van der Waals surface area contributed by atoms with E-state index in [4.69, 9.17) is 4.42 Å². The van der Waals surface area contributed by atoms with Gasteiger partial charge in [-0.2, -0.15) is 0 Å². The Morgan fingerprint density at radius 1 is 1.47 bits per heavy atom. The Labute approximate surface area is 100 Å². The number of imidazole rings is 1. The smallest absolute Gasteiger partial charge is 0.173 e. The van der Waals surface area contributed by atoms with E-state index in [9.17, 15) is 4.79 Å². The van der Waals surface area contributed by atoms with E-state index in [1.807, 2.05) is 24.6 Å². The number of carbonyl (C=O) groups excluding carboxylic acids is 1. The Bertz CT molecular complexity index is 511. The Hall–Kier alpha value is -1.84. The molecule has 2 aromatic heterocycles. The number of aromatic nitrogens is 2. The van der Waals surface area contributed by atoms with Crippen molar-refractivity contribution in [1.82, 2.24) is 9.55 Å². The van der Waals surface area contributed by atoms with Crippen molar-refractivity contribution in [2.45, 2.75) is 33.2 Å². The summed E-state index contributed by atoms with van der Waals surface area (Å²) in [4.78, 5) is 16.3. The first kappa shape index (κ1) is 11.6. The van der Waals surface area contributed by atoms with Crippen LogP contribution in [0.3, 0.4) is 0 Å². The van der Waals surface area contributed by atoms with Crippen LogP contribution in [0.25, 0.3) is 0 Å². The van der Waals surface area contributed by atoms with E-state index in [2.05, 4.69) is 4.98 Å². The van der Waals surface area contributed by atoms with Crippen LogP contribution in [-0.4, -0.2) is 15.3 Å². The number of hydrogen-bond donors (Lipinski definition) is 0. The lowest BCUT2D eigenvalue weighted by atomic mass is 10.1. The van der Waals surface area contributed by atoms with Gasteiger partial charge in [0.25, 0.3) is 0 Å². The largest absolute Gasteiger partial charge is 0.469 e. The highest BCUT2D eigenvalue weighted by atomic mass is 16.3. The van der Waals surface area contributed by atoms with Crippen LogP contribution in [0.15, 0.2) is 29.1 Å². The standard InChI is InChI=1S/C13H16N2O2/c1-3-12-10(5-8-17-12)11(16)9-13-14-6-7-15(13)4-2/h5-8H,3-4,9H2,1-2H3. The summed E-state index contributed by atoms with van der Waals surface area (Å²) in [5.41, 5.74) is 0.679. The topological polar surface area (TPSA) is 48.0 Å². The van der Waals surface area contributed by atoms with Gasteiger partial charge in [0.05, 0.1) is 18.2 Å². The fourth-order valence-electron chi connectivity index (χ4n) is 1.90. The number of rotatable bonds is 5. The van der Waals surface area contributed by atoms with Gasteiger partial charge in [0.2, 0.25) is 0 Å². The number of carbonyl (C=O) groups is 1. The summed E-state index contributed by atoms with van der Waals surface area (Å²) in [5.74, 6) is 1.63. The Kier molecular flexibility index (Phi) is 3.42. The van der Waals surface area contributed by atoms with Gasteiger partial charge >= 0.3 is 0 Å². The lowest BCUT2D eigenvalue weighted by Gasteiger charge is -2.03. The zero-order valence-electron chi connectivity index (χ0n) is 10.1. The molecule has 0 aliphatic rings. The number of nitrogens with zero attached hydrogens (tertiary/aromatic N) is 2.